The zero-order valence-electron chi connectivity index (χ0n) is 20.4. The van der Waals surface area contributed by atoms with Crippen molar-refractivity contribution < 1.29 is 9.90 Å². The van der Waals surface area contributed by atoms with Gasteiger partial charge in [0.15, 0.2) is 0 Å². The second kappa shape index (κ2) is 10.7. The summed E-state index contributed by atoms with van der Waals surface area (Å²) in [4.78, 5) is 31.5. The zero-order chi connectivity index (χ0) is 25.8. The van der Waals surface area contributed by atoms with Crippen molar-refractivity contribution in [2.75, 3.05) is 18.5 Å². The largest absolute Gasteiger partial charge is 0.395 e. The quantitative estimate of drug-likeness (QED) is 0.200. The molecule has 0 saturated heterocycles. The molecule has 37 heavy (non-hydrogen) atoms. The van der Waals surface area contributed by atoms with Crippen molar-refractivity contribution in [1.29, 1.82) is 0 Å². The van der Waals surface area contributed by atoms with Crippen LogP contribution in [-0.4, -0.2) is 43.9 Å². The number of benzene rings is 2. The average Bonchev–Trinajstić information content (AvgIpc) is 3.54. The minimum Gasteiger partial charge on any atom is -0.395 e. The number of aliphatic hydroxyl groups is 1. The van der Waals surface area contributed by atoms with Crippen LogP contribution in [-0.2, 0) is 13.1 Å². The van der Waals surface area contributed by atoms with Crippen LogP contribution in [0.15, 0.2) is 78.0 Å². The molecule has 0 atom stereocenters. The Kier molecular flexibility index (Phi) is 6.98. The molecule has 1 amide bonds. The molecule has 0 spiro atoms. The molecule has 2 aromatic carbocycles. The molecule has 3 heterocycles. The van der Waals surface area contributed by atoms with Gasteiger partial charge < -0.3 is 25.7 Å². The number of hydrogen-bond donors (Lipinski definition) is 5. The summed E-state index contributed by atoms with van der Waals surface area (Å²) in [5.41, 5.74) is 5.96. The Bertz CT molecular complexity index is 1600. The van der Waals surface area contributed by atoms with Gasteiger partial charge in [-0.3, -0.25) is 14.3 Å². The number of carbonyl (C=O) groups is 1. The van der Waals surface area contributed by atoms with Gasteiger partial charge in [-0.2, -0.15) is 5.10 Å². The monoisotopic (exact) mass is 496 g/mol. The summed E-state index contributed by atoms with van der Waals surface area (Å²) < 4.78 is 1.72. The van der Waals surface area contributed by atoms with Crippen molar-refractivity contribution in [3.8, 4) is 11.3 Å². The topological polar surface area (TPSA) is 128 Å². The second-order valence-corrected chi connectivity index (χ2v) is 9.00. The Labute approximate surface area is 213 Å². The summed E-state index contributed by atoms with van der Waals surface area (Å²) >= 11 is 0. The Hall–Kier alpha value is -4.47. The van der Waals surface area contributed by atoms with E-state index < -0.39 is 0 Å². The molecule has 0 radical (unpaired) electrons. The first-order valence-corrected chi connectivity index (χ1v) is 12.0. The number of pyridine rings is 1. The van der Waals surface area contributed by atoms with Gasteiger partial charge in [-0.15, -0.1) is 0 Å². The first-order valence-electron chi connectivity index (χ1n) is 12.0. The number of aryl methyl sites for hydroxylation is 1. The van der Waals surface area contributed by atoms with Crippen molar-refractivity contribution in [3.63, 3.8) is 0 Å². The van der Waals surface area contributed by atoms with E-state index in [-0.39, 0.29) is 18.1 Å². The van der Waals surface area contributed by atoms with Crippen molar-refractivity contribution in [3.05, 3.63) is 106 Å². The van der Waals surface area contributed by atoms with E-state index in [1.165, 1.54) is 18.0 Å². The van der Waals surface area contributed by atoms with Crippen LogP contribution in [0, 0.1) is 6.92 Å². The summed E-state index contributed by atoms with van der Waals surface area (Å²) in [5.74, 6) is -0.315. The summed E-state index contributed by atoms with van der Waals surface area (Å²) in [5, 5.41) is 20.2. The van der Waals surface area contributed by atoms with E-state index in [9.17, 15) is 9.59 Å². The fourth-order valence-corrected chi connectivity index (χ4v) is 4.16. The Morgan fingerprint density at radius 1 is 1.08 bits per heavy atom. The smallest absolute Gasteiger partial charge is 0.258 e. The number of aromatic nitrogens is 4. The third kappa shape index (κ3) is 5.69. The minimum absolute atomic E-state index is 0.0853. The van der Waals surface area contributed by atoms with Gasteiger partial charge in [0.1, 0.15) is 0 Å². The predicted molar refractivity (Wildman–Crippen MR) is 144 cm³/mol. The zero-order valence-corrected chi connectivity index (χ0v) is 20.4. The predicted octanol–water partition coefficient (Wildman–Crippen LogP) is 3.41. The fraction of sp³-hybridized carbons (Fsp3) is 0.179. The van der Waals surface area contributed by atoms with Crippen LogP contribution >= 0.6 is 0 Å². The van der Waals surface area contributed by atoms with Crippen molar-refractivity contribution in [2.24, 2.45) is 0 Å². The van der Waals surface area contributed by atoms with E-state index in [0.717, 1.165) is 22.0 Å². The molecule has 0 bridgehead atoms. The molecule has 0 fully saturated rings. The van der Waals surface area contributed by atoms with Crippen LogP contribution in [0.3, 0.4) is 0 Å². The van der Waals surface area contributed by atoms with Gasteiger partial charge >= 0.3 is 0 Å². The molecule has 5 N–H and O–H groups in total. The van der Waals surface area contributed by atoms with Gasteiger partial charge in [0.25, 0.3) is 11.5 Å². The maximum atomic E-state index is 12.9. The van der Waals surface area contributed by atoms with Crippen LogP contribution in [0.5, 0.6) is 0 Å². The molecule has 0 aliphatic rings. The highest BCUT2D eigenvalue weighted by molar-refractivity contribution is 6.04. The first-order chi connectivity index (χ1) is 18.0. The Balaban J connectivity index is 1.31. The lowest BCUT2D eigenvalue weighted by Gasteiger charge is -2.05. The summed E-state index contributed by atoms with van der Waals surface area (Å²) in [6.07, 6.45) is 4.71. The van der Waals surface area contributed by atoms with E-state index in [4.69, 9.17) is 5.11 Å². The summed E-state index contributed by atoms with van der Waals surface area (Å²) in [6.45, 7) is 3.85. The van der Waals surface area contributed by atoms with E-state index in [1.54, 1.807) is 16.9 Å². The Morgan fingerprint density at radius 2 is 1.89 bits per heavy atom. The van der Waals surface area contributed by atoms with E-state index >= 15 is 0 Å². The van der Waals surface area contributed by atoms with Crippen LogP contribution < -0.4 is 16.2 Å². The molecule has 9 nitrogen and oxygen atoms in total. The highest BCUT2D eigenvalue weighted by Gasteiger charge is 2.13. The number of H-pyrrole nitrogens is 2. The minimum atomic E-state index is -0.315. The maximum absolute atomic E-state index is 12.9. The molecule has 5 aromatic rings. The molecule has 0 aliphatic heterocycles. The van der Waals surface area contributed by atoms with Gasteiger partial charge in [-0.05, 0) is 42.3 Å². The molecule has 0 unspecified atom stereocenters. The van der Waals surface area contributed by atoms with Crippen LogP contribution in [0.4, 0.5) is 5.69 Å². The number of aromatic amines is 2. The number of fused-ring (bicyclic) bond motifs is 1. The highest BCUT2D eigenvalue weighted by atomic mass is 16.3. The van der Waals surface area contributed by atoms with E-state index in [0.29, 0.717) is 42.1 Å². The van der Waals surface area contributed by atoms with Gasteiger partial charge in [0.2, 0.25) is 0 Å². The Morgan fingerprint density at radius 3 is 2.70 bits per heavy atom. The number of anilines is 1. The second-order valence-electron chi connectivity index (χ2n) is 9.00. The standard InChI is InChI=1S/C28H28N6O3/c1-18-2-4-19(5-3-18)16-34-17-22(14-31-34)27(36)32-23-12-24(28(37)30-15-23)26-11-21-10-20(13-29-8-9-35)6-7-25(21)33-26/h2-7,10-12,14-15,17,29,33,35H,8-9,13,16H2,1H3,(H,30,37)(H,32,36). The lowest BCUT2D eigenvalue weighted by atomic mass is 10.1. The lowest BCUT2D eigenvalue weighted by molar-refractivity contribution is 0.102. The van der Waals surface area contributed by atoms with E-state index in [1.807, 2.05) is 55.5 Å². The van der Waals surface area contributed by atoms with Gasteiger partial charge in [-0.1, -0.05) is 35.9 Å². The van der Waals surface area contributed by atoms with Crippen molar-refractivity contribution in [1.82, 2.24) is 25.1 Å². The molecule has 9 heteroatoms. The van der Waals surface area contributed by atoms with Gasteiger partial charge in [0.05, 0.1) is 41.9 Å². The number of amides is 1. The maximum Gasteiger partial charge on any atom is 0.258 e. The summed E-state index contributed by atoms with van der Waals surface area (Å²) in [7, 11) is 0. The van der Waals surface area contributed by atoms with Crippen LogP contribution in [0.2, 0.25) is 0 Å². The molecule has 5 rings (SSSR count). The summed E-state index contributed by atoms with van der Waals surface area (Å²) in [6, 6.07) is 17.7. The average molecular weight is 497 g/mol. The lowest BCUT2D eigenvalue weighted by Crippen LogP contribution is -2.17. The number of aliphatic hydroxyl groups excluding tert-OH is 1. The number of nitrogens with one attached hydrogen (secondary N) is 4. The molecule has 0 aliphatic carbocycles. The highest BCUT2D eigenvalue weighted by Crippen LogP contribution is 2.24. The SMILES string of the molecule is Cc1ccc(Cn2cc(C(=O)Nc3c[nH]c(=O)c(-c4cc5cc(CNCCO)ccc5[nH]4)c3)cn2)cc1. The first kappa shape index (κ1) is 24.2. The van der Waals surface area contributed by atoms with Crippen molar-refractivity contribution >= 4 is 22.5 Å². The van der Waals surface area contributed by atoms with E-state index in [2.05, 4.69) is 25.7 Å². The third-order valence-electron chi connectivity index (χ3n) is 6.11. The molecule has 188 valence electrons. The van der Waals surface area contributed by atoms with Crippen molar-refractivity contribution in [2.45, 2.75) is 20.0 Å². The van der Waals surface area contributed by atoms with Gasteiger partial charge in [0, 0.05) is 36.4 Å². The fourth-order valence-electron chi connectivity index (χ4n) is 4.16. The molecule has 0 saturated carbocycles. The van der Waals surface area contributed by atoms with Crippen LogP contribution in [0.1, 0.15) is 27.0 Å². The molecular formula is C28H28N6O3. The number of nitrogens with zero attached hydrogens (tertiary/aromatic N) is 2. The number of hydrogen-bond acceptors (Lipinski definition) is 5. The molecular weight excluding hydrogens is 468 g/mol. The van der Waals surface area contributed by atoms with Crippen LogP contribution in [0.25, 0.3) is 22.2 Å². The molecule has 3 aromatic heterocycles. The number of rotatable bonds is 9. The van der Waals surface area contributed by atoms with Gasteiger partial charge in [-0.25, -0.2) is 0 Å². The normalized spacial score (nSPS) is 11.2. The number of carbonyl (C=O) groups excluding carboxylic acids is 1. The third-order valence-corrected chi connectivity index (χ3v) is 6.11.